The highest BCUT2D eigenvalue weighted by Crippen LogP contribution is 2.33. The summed E-state index contributed by atoms with van der Waals surface area (Å²) in [5.41, 5.74) is 0.446. The second-order valence-corrected chi connectivity index (χ2v) is 7.56. The summed E-state index contributed by atoms with van der Waals surface area (Å²) in [6.45, 7) is -0.365. The molecule has 0 unspecified atom stereocenters. The Labute approximate surface area is 162 Å². The van der Waals surface area contributed by atoms with Crippen LogP contribution in [0.2, 0.25) is 5.02 Å². The van der Waals surface area contributed by atoms with Crippen molar-refractivity contribution in [3.63, 3.8) is 0 Å². The van der Waals surface area contributed by atoms with Gasteiger partial charge in [0.15, 0.2) is 0 Å². The van der Waals surface area contributed by atoms with Crippen LogP contribution in [0.5, 0.6) is 5.75 Å². The average molecular weight is 409 g/mol. The molecule has 9 heteroatoms. The Balaban J connectivity index is 1.66. The molecule has 1 aromatic carbocycles. The molecule has 1 aliphatic rings. The van der Waals surface area contributed by atoms with Gasteiger partial charge in [-0.25, -0.2) is 0 Å². The third-order valence-electron chi connectivity index (χ3n) is 3.43. The number of thiophene rings is 1. The number of nitrogens with one attached hydrogen (secondary N) is 1. The maximum atomic E-state index is 12.4. The number of halogens is 1. The lowest BCUT2D eigenvalue weighted by molar-refractivity contribution is -0.127. The monoisotopic (exact) mass is 408 g/mol. The Kier molecular flexibility index (Phi) is 5.65. The summed E-state index contributed by atoms with van der Waals surface area (Å²) < 4.78 is 5.05. The molecule has 1 aliphatic heterocycles. The molecule has 0 aliphatic carbocycles. The van der Waals surface area contributed by atoms with Gasteiger partial charge in [-0.3, -0.25) is 19.3 Å². The van der Waals surface area contributed by atoms with Crippen LogP contribution in [0, 0.1) is 0 Å². The van der Waals surface area contributed by atoms with Crippen molar-refractivity contribution < 1.29 is 19.1 Å². The minimum Gasteiger partial charge on any atom is -0.495 e. The van der Waals surface area contributed by atoms with Gasteiger partial charge < -0.3 is 10.1 Å². The molecule has 0 bridgehead atoms. The third-order valence-corrected chi connectivity index (χ3v) is 5.45. The van der Waals surface area contributed by atoms with Crippen LogP contribution in [0.1, 0.15) is 4.88 Å². The topological polar surface area (TPSA) is 75.7 Å². The number of anilines is 1. The second kappa shape index (κ2) is 7.94. The van der Waals surface area contributed by atoms with E-state index in [-0.39, 0.29) is 6.54 Å². The standard InChI is InChI=1S/C17H13ClN2O4S2/c1-24-13-5-4-10(7-12(13)18)19-15(21)9-20-16(22)14(26-17(20)23)8-11-3-2-6-25-11/h2-8H,9H2,1H3,(H,19,21)/b14-8+. The number of carbonyl (C=O) groups excluding carboxylic acids is 3. The van der Waals surface area contributed by atoms with Crippen molar-refractivity contribution in [2.45, 2.75) is 0 Å². The quantitative estimate of drug-likeness (QED) is 0.754. The third kappa shape index (κ3) is 4.09. The fourth-order valence-corrected chi connectivity index (χ4v) is 4.05. The van der Waals surface area contributed by atoms with E-state index in [4.69, 9.17) is 16.3 Å². The molecule has 2 heterocycles. The molecule has 6 nitrogen and oxygen atoms in total. The first-order chi connectivity index (χ1) is 12.5. The van der Waals surface area contributed by atoms with E-state index in [0.29, 0.717) is 21.4 Å². The van der Waals surface area contributed by atoms with Gasteiger partial charge in [0.25, 0.3) is 11.1 Å². The molecule has 0 radical (unpaired) electrons. The van der Waals surface area contributed by atoms with E-state index in [9.17, 15) is 14.4 Å². The number of carbonyl (C=O) groups is 3. The Bertz CT molecular complexity index is 896. The van der Waals surface area contributed by atoms with Gasteiger partial charge in [-0.2, -0.15) is 0 Å². The lowest BCUT2D eigenvalue weighted by Gasteiger charge is -2.13. The maximum absolute atomic E-state index is 12.4. The van der Waals surface area contributed by atoms with Gasteiger partial charge in [-0.1, -0.05) is 17.7 Å². The predicted octanol–water partition coefficient (Wildman–Crippen LogP) is 4.09. The van der Waals surface area contributed by atoms with E-state index in [1.807, 2.05) is 17.5 Å². The van der Waals surface area contributed by atoms with Gasteiger partial charge in [0.2, 0.25) is 5.91 Å². The Morgan fingerprint density at radius 2 is 2.15 bits per heavy atom. The normalized spacial score (nSPS) is 15.6. The first kappa shape index (κ1) is 18.5. The summed E-state index contributed by atoms with van der Waals surface area (Å²) in [7, 11) is 1.49. The van der Waals surface area contributed by atoms with Crippen molar-refractivity contribution in [2.75, 3.05) is 19.0 Å². The molecule has 1 aromatic heterocycles. The molecular formula is C17H13ClN2O4S2. The highest BCUT2D eigenvalue weighted by atomic mass is 35.5. The van der Waals surface area contributed by atoms with Crippen LogP contribution < -0.4 is 10.1 Å². The number of rotatable bonds is 5. The van der Waals surface area contributed by atoms with Crippen LogP contribution in [-0.2, 0) is 9.59 Å². The molecule has 26 heavy (non-hydrogen) atoms. The molecule has 3 amide bonds. The van der Waals surface area contributed by atoms with E-state index < -0.39 is 17.1 Å². The minimum atomic E-state index is -0.495. The number of amides is 3. The van der Waals surface area contributed by atoms with E-state index in [0.717, 1.165) is 21.5 Å². The average Bonchev–Trinajstić information content (AvgIpc) is 3.19. The van der Waals surface area contributed by atoms with Crippen molar-refractivity contribution in [2.24, 2.45) is 0 Å². The molecule has 0 atom stereocenters. The Morgan fingerprint density at radius 1 is 1.35 bits per heavy atom. The zero-order valence-corrected chi connectivity index (χ0v) is 15.9. The number of thioether (sulfide) groups is 1. The van der Waals surface area contributed by atoms with E-state index >= 15 is 0 Å². The van der Waals surface area contributed by atoms with Gasteiger partial charge >= 0.3 is 0 Å². The molecule has 3 rings (SSSR count). The van der Waals surface area contributed by atoms with Crippen molar-refractivity contribution >= 4 is 63.5 Å². The van der Waals surface area contributed by atoms with E-state index in [1.54, 1.807) is 18.2 Å². The van der Waals surface area contributed by atoms with E-state index in [2.05, 4.69) is 5.32 Å². The highest BCUT2D eigenvalue weighted by Gasteiger charge is 2.36. The summed E-state index contributed by atoms with van der Waals surface area (Å²) in [5.74, 6) is -0.489. The SMILES string of the molecule is COc1ccc(NC(=O)CN2C(=O)S/C(=C/c3cccs3)C2=O)cc1Cl. The first-order valence-corrected chi connectivity index (χ1v) is 9.47. The van der Waals surface area contributed by atoms with Crippen LogP contribution in [-0.4, -0.2) is 35.6 Å². The maximum Gasteiger partial charge on any atom is 0.294 e. The fourth-order valence-electron chi connectivity index (χ4n) is 2.23. The molecule has 0 spiro atoms. The molecule has 0 saturated carbocycles. The first-order valence-electron chi connectivity index (χ1n) is 7.40. The zero-order chi connectivity index (χ0) is 18.7. The number of ether oxygens (including phenoxy) is 1. The van der Waals surface area contributed by atoms with Gasteiger partial charge in [-0.15, -0.1) is 11.3 Å². The fraction of sp³-hybridized carbons (Fsp3) is 0.118. The predicted molar refractivity (Wildman–Crippen MR) is 104 cm³/mol. The van der Waals surface area contributed by atoms with Crippen LogP contribution in [0.25, 0.3) is 6.08 Å². The number of hydrogen-bond donors (Lipinski definition) is 1. The van der Waals surface area contributed by atoms with Gasteiger partial charge in [0.1, 0.15) is 12.3 Å². The minimum absolute atomic E-state index is 0.303. The molecule has 2 aromatic rings. The van der Waals surface area contributed by atoms with Crippen molar-refractivity contribution in [1.82, 2.24) is 4.90 Å². The summed E-state index contributed by atoms with van der Waals surface area (Å²) in [4.78, 5) is 38.7. The molecule has 1 N–H and O–H groups in total. The van der Waals surface area contributed by atoms with Gasteiger partial charge in [0, 0.05) is 10.6 Å². The largest absolute Gasteiger partial charge is 0.495 e. The van der Waals surface area contributed by atoms with Crippen LogP contribution in [0.4, 0.5) is 10.5 Å². The number of nitrogens with zero attached hydrogens (tertiary/aromatic N) is 1. The smallest absolute Gasteiger partial charge is 0.294 e. The summed E-state index contributed by atoms with van der Waals surface area (Å²) in [6.07, 6.45) is 1.65. The van der Waals surface area contributed by atoms with Crippen LogP contribution in [0.3, 0.4) is 0 Å². The second-order valence-electron chi connectivity index (χ2n) is 5.18. The number of hydrogen-bond acceptors (Lipinski definition) is 6. The zero-order valence-electron chi connectivity index (χ0n) is 13.5. The van der Waals surface area contributed by atoms with Gasteiger partial charge in [0.05, 0.1) is 17.0 Å². The number of benzene rings is 1. The molecule has 1 fully saturated rings. The molecule has 134 valence electrons. The summed E-state index contributed by atoms with van der Waals surface area (Å²) >= 11 is 8.30. The molecule has 1 saturated heterocycles. The summed E-state index contributed by atoms with van der Waals surface area (Å²) in [5, 5.41) is 4.36. The van der Waals surface area contributed by atoms with Crippen molar-refractivity contribution in [1.29, 1.82) is 0 Å². The number of imide groups is 1. The lowest BCUT2D eigenvalue weighted by Crippen LogP contribution is -2.36. The highest BCUT2D eigenvalue weighted by molar-refractivity contribution is 8.18. The van der Waals surface area contributed by atoms with Crippen molar-refractivity contribution in [3.05, 3.63) is 50.5 Å². The van der Waals surface area contributed by atoms with Crippen LogP contribution >= 0.6 is 34.7 Å². The Morgan fingerprint density at radius 3 is 2.81 bits per heavy atom. The Hall–Kier alpha value is -2.29. The molecular weight excluding hydrogens is 396 g/mol. The van der Waals surface area contributed by atoms with Crippen LogP contribution in [0.15, 0.2) is 40.6 Å². The van der Waals surface area contributed by atoms with E-state index in [1.165, 1.54) is 24.5 Å². The van der Waals surface area contributed by atoms with Gasteiger partial charge in [-0.05, 0) is 47.5 Å². The number of methoxy groups -OCH3 is 1. The van der Waals surface area contributed by atoms with Crippen molar-refractivity contribution in [3.8, 4) is 5.75 Å². The summed E-state index contributed by atoms with van der Waals surface area (Å²) in [6, 6.07) is 8.46. The lowest BCUT2D eigenvalue weighted by atomic mass is 10.3.